The van der Waals surface area contributed by atoms with Gasteiger partial charge < -0.3 is 20.1 Å². The van der Waals surface area contributed by atoms with Crippen molar-refractivity contribution in [2.45, 2.75) is 18.4 Å². The van der Waals surface area contributed by atoms with Crippen LogP contribution in [0.4, 0.5) is 0 Å². The molecule has 2 heterocycles. The second-order valence-electron chi connectivity index (χ2n) is 4.42. The van der Waals surface area contributed by atoms with Gasteiger partial charge in [-0.05, 0) is 25.0 Å². The lowest BCUT2D eigenvalue weighted by molar-refractivity contribution is 0.0125. The van der Waals surface area contributed by atoms with E-state index in [-0.39, 0.29) is 12.2 Å². The Morgan fingerprint density at radius 3 is 2.83 bits per heavy atom. The molecule has 1 amide bonds. The highest BCUT2D eigenvalue weighted by atomic mass is 16.5. The molecule has 6 heteroatoms. The molecular formula is C12H16N2O4. The van der Waals surface area contributed by atoms with E-state index in [1.807, 2.05) is 0 Å². The van der Waals surface area contributed by atoms with Crippen LogP contribution in [-0.4, -0.2) is 41.4 Å². The van der Waals surface area contributed by atoms with Gasteiger partial charge in [-0.15, -0.1) is 0 Å². The van der Waals surface area contributed by atoms with E-state index in [2.05, 4.69) is 10.3 Å². The van der Waals surface area contributed by atoms with Crippen molar-refractivity contribution in [2.75, 3.05) is 19.8 Å². The highest BCUT2D eigenvalue weighted by molar-refractivity contribution is 5.94. The van der Waals surface area contributed by atoms with Crippen LogP contribution in [0.15, 0.2) is 23.1 Å². The van der Waals surface area contributed by atoms with Gasteiger partial charge in [0, 0.05) is 19.4 Å². The Balaban J connectivity index is 2.15. The first-order valence-corrected chi connectivity index (χ1v) is 5.86. The minimum atomic E-state index is -0.683. The summed E-state index contributed by atoms with van der Waals surface area (Å²) in [5, 5.41) is 12.2. The van der Waals surface area contributed by atoms with Crippen molar-refractivity contribution in [3.8, 4) is 0 Å². The van der Waals surface area contributed by atoms with Crippen LogP contribution < -0.4 is 10.9 Å². The van der Waals surface area contributed by atoms with Crippen LogP contribution >= 0.6 is 0 Å². The summed E-state index contributed by atoms with van der Waals surface area (Å²) in [4.78, 5) is 26.0. The van der Waals surface area contributed by atoms with Crippen molar-refractivity contribution in [3.63, 3.8) is 0 Å². The Hall–Kier alpha value is -1.66. The van der Waals surface area contributed by atoms with E-state index in [0.29, 0.717) is 26.1 Å². The van der Waals surface area contributed by atoms with Crippen LogP contribution in [0, 0.1) is 0 Å². The number of aliphatic hydroxyl groups excluding tert-OH is 1. The fraction of sp³-hybridized carbons (Fsp3) is 0.500. The summed E-state index contributed by atoms with van der Waals surface area (Å²) >= 11 is 0. The molecule has 0 atom stereocenters. The number of nitrogens with one attached hydrogen (secondary N) is 2. The molecule has 0 radical (unpaired) electrons. The Morgan fingerprint density at radius 1 is 1.50 bits per heavy atom. The lowest BCUT2D eigenvalue weighted by Gasteiger charge is -2.36. The Labute approximate surface area is 104 Å². The lowest BCUT2D eigenvalue weighted by atomic mass is 9.90. The number of carbonyl (C=O) groups excluding carboxylic acids is 1. The molecule has 1 saturated heterocycles. The molecule has 0 unspecified atom stereocenters. The number of carbonyl (C=O) groups is 1. The minimum Gasteiger partial charge on any atom is -0.394 e. The molecule has 98 valence electrons. The summed E-state index contributed by atoms with van der Waals surface area (Å²) in [5.41, 5.74) is -1.07. The van der Waals surface area contributed by atoms with E-state index in [9.17, 15) is 14.7 Å². The molecular weight excluding hydrogens is 236 g/mol. The molecule has 3 N–H and O–H groups in total. The molecule has 1 aromatic heterocycles. The van der Waals surface area contributed by atoms with E-state index in [0.717, 1.165) is 0 Å². The van der Waals surface area contributed by atoms with Crippen molar-refractivity contribution in [1.29, 1.82) is 0 Å². The number of amides is 1. The number of hydrogen-bond acceptors (Lipinski definition) is 4. The van der Waals surface area contributed by atoms with Gasteiger partial charge in [-0.25, -0.2) is 0 Å². The van der Waals surface area contributed by atoms with E-state index in [1.165, 1.54) is 12.3 Å². The van der Waals surface area contributed by atoms with Gasteiger partial charge in [-0.2, -0.15) is 0 Å². The molecule has 0 bridgehead atoms. The van der Waals surface area contributed by atoms with Crippen LogP contribution in [0.1, 0.15) is 23.2 Å². The summed E-state index contributed by atoms with van der Waals surface area (Å²) in [6.45, 7) is 0.824. The number of aliphatic hydroxyl groups is 1. The van der Waals surface area contributed by atoms with Crippen molar-refractivity contribution in [1.82, 2.24) is 10.3 Å². The number of ether oxygens (including phenoxy) is 1. The molecule has 1 aromatic rings. The number of pyridine rings is 1. The maximum atomic E-state index is 12.0. The summed E-state index contributed by atoms with van der Waals surface area (Å²) in [5.74, 6) is -0.465. The Bertz CT molecular complexity index is 477. The first-order valence-electron chi connectivity index (χ1n) is 5.86. The largest absolute Gasteiger partial charge is 0.394 e. The van der Waals surface area contributed by atoms with Crippen molar-refractivity contribution >= 4 is 5.91 Å². The fourth-order valence-electron chi connectivity index (χ4n) is 1.99. The first-order chi connectivity index (χ1) is 8.67. The van der Waals surface area contributed by atoms with Crippen LogP contribution in [-0.2, 0) is 4.74 Å². The topological polar surface area (TPSA) is 91.4 Å². The maximum absolute atomic E-state index is 12.0. The van der Waals surface area contributed by atoms with Crippen molar-refractivity contribution in [2.24, 2.45) is 0 Å². The molecule has 1 fully saturated rings. The van der Waals surface area contributed by atoms with E-state index < -0.39 is 17.0 Å². The normalized spacial score (nSPS) is 18.3. The van der Waals surface area contributed by atoms with Crippen molar-refractivity contribution in [3.05, 3.63) is 34.2 Å². The van der Waals surface area contributed by atoms with E-state index in [1.54, 1.807) is 6.07 Å². The van der Waals surface area contributed by atoms with Crippen LogP contribution in [0.5, 0.6) is 0 Å². The van der Waals surface area contributed by atoms with Gasteiger partial charge in [-0.1, -0.05) is 0 Å². The SMILES string of the molecule is O=C(NC1(CO)CCOCC1)c1ccc[nH]c1=O. The summed E-state index contributed by atoms with van der Waals surface area (Å²) in [6, 6.07) is 3.05. The van der Waals surface area contributed by atoms with Gasteiger partial charge in [0.2, 0.25) is 0 Å². The molecule has 18 heavy (non-hydrogen) atoms. The van der Waals surface area contributed by atoms with Crippen LogP contribution in [0.3, 0.4) is 0 Å². The third kappa shape index (κ3) is 2.60. The molecule has 0 saturated carbocycles. The molecule has 0 aromatic carbocycles. The third-order valence-electron chi connectivity index (χ3n) is 3.19. The number of hydrogen-bond donors (Lipinski definition) is 3. The van der Waals surface area contributed by atoms with Crippen LogP contribution in [0.2, 0.25) is 0 Å². The average Bonchev–Trinajstić information content (AvgIpc) is 2.40. The highest BCUT2D eigenvalue weighted by Crippen LogP contribution is 2.20. The molecule has 1 aliphatic rings. The Morgan fingerprint density at radius 2 is 2.22 bits per heavy atom. The van der Waals surface area contributed by atoms with Gasteiger partial charge >= 0.3 is 0 Å². The smallest absolute Gasteiger partial charge is 0.260 e. The number of rotatable bonds is 3. The van der Waals surface area contributed by atoms with Gasteiger partial charge in [0.25, 0.3) is 11.5 Å². The molecule has 6 nitrogen and oxygen atoms in total. The zero-order valence-electron chi connectivity index (χ0n) is 9.94. The second-order valence-corrected chi connectivity index (χ2v) is 4.42. The average molecular weight is 252 g/mol. The zero-order valence-corrected chi connectivity index (χ0v) is 9.94. The van der Waals surface area contributed by atoms with Gasteiger partial charge in [0.1, 0.15) is 5.56 Å². The minimum absolute atomic E-state index is 0.0526. The first kappa shape index (κ1) is 12.8. The quantitative estimate of drug-likeness (QED) is 0.685. The predicted octanol–water partition coefficient (Wildman–Crippen LogP) is -0.354. The summed E-state index contributed by atoms with van der Waals surface area (Å²) in [6.07, 6.45) is 2.55. The van der Waals surface area contributed by atoms with Crippen molar-refractivity contribution < 1.29 is 14.6 Å². The predicted molar refractivity (Wildman–Crippen MR) is 64.4 cm³/mol. The molecule has 0 spiro atoms. The third-order valence-corrected chi connectivity index (χ3v) is 3.19. The lowest BCUT2D eigenvalue weighted by Crippen LogP contribution is -2.55. The van der Waals surface area contributed by atoms with Gasteiger partial charge in [-0.3, -0.25) is 9.59 Å². The van der Waals surface area contributed by atoms with Crippen LogP contribution in [0.25, 0.3) is 0 Å². The van der Waals surface area contributed by atoms with E-state index in [4.69, 9.17) is 4.74 Å². The second kappa shape index (κ2) is 5.32. The Kier molecular flexibility index (Phi) is 3.78. The molecule has 2 rings (SSSR count). The molecule has 1 aliphatic heterocycles. The summed E-state index contributed by atoms with van der Waals surface area (Å²) < 4.78 is 5.21. The molecule has 0 aliphatic carbocycles. The summed E-state index contributed by atoms with van der Waals surface area (Å²) in [7, 11) is 0. The van der Waals surface area contributed by atoms with Gasteiger partial charge in [0.05, 0.1) is 12.1 Å². The zero-order chi connectivity index (χ0) is 13.0. The van der Waals surface area contributed by atoms with E-state index >= 15 is 0 Å². The van der Waals surface area contributed by atoms with Gasteiger partial charge in [0.15, 0.2) is 0 Å². The number of aromatic amines is 1. The fourth-order valence-corrected chi connectivity index (χ4v) is 1.99. The number of aromatic nitrogens is 1. The number of H-pyrrole nitrogens is 1. The highest BCUT2D eigenvalue weighted by Gasteiger charge is 2.34. The maximum Gasteiger partial charge on any atom is 0.260 e. The monoisotopic (exact) mass is 252 g/mol. The standard InChI is InChI=1S/C12H16N2O4/c15-8-12(3-6-18-7-4-12)14-11(17)9-2-1-5-13-10(9)16/h1-2,5,15H,3-4,6-8H2,(H,13,16)(H,14,17).